The average molecular weight is 343 g/mol. The van der Waals surface area contributed by atoms with Gasteiger partial charge in [-0.15, -0.1) is 0 Å². The first-order valence-corrected chi connectivity index (χ1v) is 6.53. The van der Waals surface area contributed by atoms with Gasteiger partial charge in [0.1, 0.15) is 12.1 Å². The summed E-state index contributed by atoms with van der Waals surface area (Å²) in [5.41, 5.74) is 2.44. The van der Waals surface area contributed by atoms with Crippen molar-refractivity contribution in [2.24, 2.45) is 0 Å². The second-order valence-electron chi connectivity index (χ2n) is 3.77. The van der Waals surface area contributed by atoms with E-state index in [1.54, 1.807) is 12.5 Å². The minimum Gasteiger partial charge on any atom is -0.369 e. The molecule has 0 aliphatic carbocycles. The second kappa shape index (κ2) is 5.95. The van der Waals surface area contributed by atoms with Gasteiger partial charge >= 0.3 is 0 Å². The zero-order valence-corrected chi connectivity index (χ0v) is 11.7. The molecule has 0 saturated heterocycles. The normalized spacial score (nSPS) is 10.5. The van der Waals surface area contributed by atoms with Gasteiger partial charge in [-0.2, -0.15) is 5.10 Å². The van der Waals surface area contributed by atoms with Crippen LogP contribution in [-0.2, 0) is 6.42 Å². The molecule has 17 heavy (non-hydrogen) atoms. The van der Waals surface area contributed by atoms with Crippen LogP contribution in [0, 0.1) is 10.5 Å². The lowest BCUT2D eigenvalue weighted by Crippen LogP contribution is -2.06. The fourth-order valence-corrected chi connectivity index (χ4v) is 2.05. The molecule has 2 aromatic heterocycles. The number of hydrogen-bond acceptors (Lipinski definition) is 4. The molecular formula is C11H14IN5. The summed E-state index contributed by atoms with van der Waals surface area (Å²) < 4.78 is 1.05. The van der Waals surface area contributed by atoms with Gasteiger partial charge in [-0.3, -0.25) is 5.10 Å². The van der Waals surface area contributed by atoms with Crippen molar-refractivity contribution in [2.45, 2.75) is 19.8 Å². The largest absolute Gasteiger partial charge is 0.369 e. The fraction of sp³-hybridized carbons (Fsp3) is 0.364. The Hall–Kier alpha value is -1.18. The molecule has 5 nitrogen and oxygen atoms in total. The molecule has 0 bridgehead atoms. The number of aryl methyl sites for hydroxylation is 2. The monoisotopic (exact) mass is 343 g/mol. The van der Waals surface area contributed by atoms with Gasteiger partial charge in [0.25, 0.3) is 0 Å². The molecule has 0 aliphatic rings. The molecule has 0 aromatic carbocycles. The van der Waals surface area contributed by atoms with Crippen LogP contribution in [0.2, 0.25) is 0 Å². The number of H-pyrrole nitrogens is 1. The predicted octanol–water partition coefficient (Wildman–Crippen LogP) is 2.16. The standard InChI is InChI=1S/C11H14IN5/c1-8-9(5-16-17-8)3-2-4-14-11-10(12)6-13-7-15-11/h5-7H,2-4H2,1H3,(H,16,17)(H,13,14,15). The highest BCUT2D eigenvalue weighted by atomic mass is 127. The minimum atomic E-state index is 0.900. The van der Waals surface area contributed by atoms with Crippen molar-refractivity contribution in [3.05, 3.63) is 33.5 Å². The maximum Gasteiger partial charge on any atom is 0.142 e. The van der Waals surface area contributed by atoms with Crippen LogP contribution in [0.25, 0.3) is 0 Å². The molecule has 2 rings (SSSR count). The van der Waals surface area contributed by atoms with Gasteiger partial charge in [0.2, 0.25) is 0 Å². The molecule has 90 valence electrons. The highest BCUT2D eigenvalue weighted by Crippen LogP contribution is 2.12. The number of halogens is 1. The van der Waals surface area contributed by atoms with Crippen LogP contribution in [0.1, 0.15) is 17.7 Å². The summed E-state index contributed by atoms with van der Waals surface area (Å²) in [6.07, 6.45) is 7.34. The topological polar surface area (TPSA) is 66.5 Å². The summed E-state index contributed by atoms with van der Waals surface area (Å²) in [6, 6.07) is 0. The molecule has 0 amide bonds. The zero-order chi connectivity index (χ0) is 12.1. The van der Waals surface area contributed by atoms with Gasteiger partial charge in [-0.1, -0.05) is 0 Å². The molecule has 6 heteroatoms. The smallest absolute Gasteiger partial charge is 0.142 e. The Labute approximate surface area is 114 Å². The minimum absolute atomic E-state index is 0.900. The Morgan fingerprint density at radius 3 is 3.00 bits per heavy atom. The van der Waals surface area contributed by atoms with Crippen LogP contribution >= 0.6 is 22.6 Å². The van der Waals surface area contributed by atoms with E-state index in [1.807, 2.05) is 13.1 Å². The van der Waals surface area contributed by atoms with E-state index < -0.39 is 0 Å². The van der Waals surface area contributed by atoms with Crippen molar-refractivity contribution in [3.63, 3.8) is 0 Å². The van der Waals surface area contributed by atoms with E-state index in [-0.39, 0.29) is 0 Å². The van der Waals surface area contributed by atoms with Crippen LogP contribution in [-0.4, -0.2) is 26.7 Å². The average Bonchev–Trinajstić information content (AvgIpc) is 2.73. The Bertz CT molecular complexity index is 482. The first-order valence-electron chi connectivity index (χ1n) is 5.45. The molecule has 0 aliphatic heterocycles. The van der Waals surface area contributed by atoms with Gasteiger partial charge in [-0.25, -0.2) is 9.97 Å². The molecule has 0 atom stereocenters. The number of anilines is 1. The van der Waals surface area contributed by atoms with Gasteiger partial charge in [-0.05, 0) is 47.9 Å². The van der Waals surface area contributed by atoms with E-state index in [1.165, 1.54) is 5.56 Å². The third kappa shape index (κ3) is 3.39. The van der Waals surface area contributed by atoms with E-state index in [0.717, 1.165) is 34.5 Å². The fourth-order valence-electron chi connectivity index (χ4n) is 1.56. The number of rotatable bonds is 5. The van der Waals surface area contributed by atoms with Crippen molar-refractivity contribution in [3.8, 4) is 0 Å². The summed E-state index contributed by atoms with van der Waals surface area (Å²) in [5.74, 6) is 0.907. The maximum atomic E-state index is 4.18. The van der Waals surface area contributed by atoms with E-state index >= 15 is 0 Å². The summed E-state index contributed by atoms with van der Waals surface area (Å²) in [4.78, 5) is 8.14. The highest BCUT2D eigenvalue weighted by molar-refractivity contribution is 14.1. The van der Waals surface area contributed by atoms with Crippen molar-refractivity contribution < 1.29 is 0 Å². The second-order valence-corrected chi connectivity index (χ2v) is 4.93. The van der Waals surface area contributed by atoms with Gasteiger partial charge < -0.3 is 5.32 Å². The van der Waals surface area contributed by atoms with E-state index in [2.05, 4.69) is 48.1 Å². The zero-order valence-electron chi connectivity index (χ0n) is 9.57. The first kappa shape index (κ1) is 12.3. The van der Waals surface area contributed by atoms with E-state index in [0.29, 0.717) is 0 Å². The van der Waals surface area contributed by atoms with Gasteiger partial charge in [0.15, 0.2) is 0 Å². The molecule has 0 saturated carbocycles. The molecule has 0 radical (unpaired) electrons. The Kier molecular flexibility index (Phi) is 4.29. The molecule has 0 fully saturated rings. The van der Waals surface area contributed by atoms with Crippen LogP contribution < -0.4 is 5.32 Å². The molecule has 2 aromatic rings. The van der Waals surface area contributed by atoms with E-state index in [4.69, 9.17) is 0 Å². The molecular weight excluding hydrogens is 329 g/mol. The summed E-state index contributed by atoms with van der Waals surface area (Å²) >= 11 is 2.23. The van der Waals surface area contributed by atoms with Crippen molar-refractivity contribution >= 4 is 28.4 Å². The van der Waals surface area contributed by atoms with Gasteiger partial charge in [0, 0.05) is 18.4 Å². The summed E-state index contributed by atoms with van der Waals surface area (Å²) in [6.45, 7) is 2.95. The summed E-state index contributed by atoms with van der Waals surface area (Å²) in [7, 11) is 0. The number of aromatic nitrogens is 4. The molecule has 0 spiro atoms. The Balaban J connectivity index is 1.77. The van der Waals surface area contributed by atoms with Crippen molar-refractivity contribution in [1.82, 2.24) is 20.2 Å². The number of hydrogen-bond donors (Lipinski definition) is 2. The molecule has 2 heterocycles. The van der Waals surface area contributed by atoms with Crippen LogP contribution in [0.15, 0.2) is 18.7 Å². The van der Waals surface area contributed by atoms with Gasteiger partial charge in [0.05, 0.1) is 9.77 Å². The third-order valence-electron chi connectivity index (χ3n) is 2.52. The van der Waals surface area contributed by atoms with Crippen LogP contribution in [0.3, 0.4) is 0 Å². The van der Waals surface area contributed by atoms with Crippen LogP contribution in [0.5, 0.6) is 0 Å². The van der Waals surface area contributed by atoms with Crippen molar-refractivity contribution in [1.29, 1.82) is 0 Å². The predicted molar refractivity (Wildman–Crippen MR) is 74.9 cm³/mol. The third-order valence-corrected chi connectivity index (χ3v) is 3.31. The number of nitrogens with one attached hydrogen (secondary N) is 2. The summed E-state index contributed by atoms with van der Waals surface area (Å²) in [5, 5.41) is 10.3. The Morgan fingerprint density at radius 2 is 2.29 bits per heavy atom. The lowest BCUT2D eigenvalue weighted by Gasteiger charge is -2.06. The van der Waals surface area contributed by atoms with Crippen LogP contribution in [0.4, 0.5) is 5.82 Å². The number of nitrogens with zero attached hydrogens (tertiary/aromatic N) is 3. The first-order chi connectivity index (χ1) is 8.27. The maximum absolute atomic E-state index is 4.18. The lowest BCUT2D eigenvalue weighted by molar-refractivity contribution is 0.851. The molecule has 2 N–H and O–H groups in total. The SMILES string of the molecule is Cc1[nH]ncc1CCCNc1ncncc1I. The van der Waals surface area contributed by atoms with E-state index in [9.17, 15) is 0 Å². The quantitative estimate of drug-likeness (QED) is 0.645. The molecule has 0 unspecified atom stereocenters. The lowest BCUT2D eigenvalue weighted by atomic mass is 10.1. The van der Waals surface area contributed by atoms with Crippen molar-refractivity contribution in [2.75, 3.05) is 11.9 Å². The Morgan fingerprint density at radius 1 is 1.41 bits per heavy atom. The highest BCUT2D eigenvalue weighted by Gasteiger charge is 2.01. The number of aromatic amines is 1.